The van der Waals surface area contributed by atoms with Crippen LogP contribution in [-0.4, -0.2) is 69.1 Å². The first kappa shape index (κ1) is 21.0. The van der Waals surface area contributed by atoms with Crippen molar-refractivity contribution in [3.63, 3.8) is 0 Å². The van der Waals surface area contributed by atoms with Crippen LogP contribution in [-0.2, 0) is 6.54 Å². The van der Waals surface area contributed by atoms with Gasteiger partial charge < -0.3 is 14.2 Å². The molecule has 2 aromatic carbocycles. The molecule has 4 aromatic rings. The van der Waals surface area contributed by atoms with Crippen molar-refractivity contribution in [2.75, 3.05) is 33.3 Å². The summed E-state index contributed by atoms with van der Waals surface area (Å²) in [6, 6.07) is 9.94. The van der Waals surface area contributed by atoms with Gasteiger partial charge in [-0.2, -0.15) is 4.98 Å². The summed E-state index contributed by atoms with van der Waals surface area (Å²) in [4.78, 5) is 29.7. The van der Waals surface area contributed by atoms with Crippen molar-refractivity contribution in [1.29, 1.82) is 0 Å². The van der Waals surface area contributed by atoms with Crippen LogP contribution < -0.4 is 4.74 Å². The van der Waals surface area contributed by atoms with Crippen molar-refractivity contribution in [1.82, 2.24) is 29.9 Å². The monoisotopic (exact) mass is 448 g/mol. The Hall–Kier alpha value is -3.92. The molecule has 0 spiro atoms. The van der Waals surface area contributed by atoms with Gasteiger partial charge in [-0.05, 0) is 30.3 Å². The van der Waals surface area contributed by atoms with Crippen LogP contribution in [0.15, 0.2) is 53.3 Å². The zero-order valence-corrected chi connectivity index (χ0v) is 17.9. The molecule has 0 atom stereocenters. The van der Waals surface area contributed by atoms with Crippen LogP contribution in [0.2, 0.25) is 0 Å². The van der Waals surface area contributed by atoms with Gasteiger partial charge in [0.05, 0.1) is 24.7 Å². The second-order valence-corrected chi connectivity index (χ2v) is 7.69. The number of nitrogens with zero attached hydrogens (tertiary/aromatic N) is 6. The van der Waals surface area contributed by atoms with Crippen molar-refractivity contribution >= 4 is 16.9 Å². The van der Waals surface area contributed by atoms with Gasteiger partial charge in [-0.15, -0.1) is 0 Å². The van der Waals surface area contributed by atoms with Gasteiger partial charge in [0.15, 0.2) is 0 Å². The number of hydrogen-bond donors (Lipinski definition) is 0. The number of methoxy groups -OCH3 is 1. The normalized spacial score (nSPS) is 14.5. The smallest absolute Gasteiger partial charge is 0.256 e. The molecule has 0 bridgehead atoms. The summed E-state index contributed by atoms with van der Waals surface area (Å²) >= 11 is 0. The molecule has 1 aliphatic heterocycles. The standard InChI is InChI=1S/C23H21FN6O3/c1-32-17-4-2-15(3-5-17)22-27-20(33-28-22)14-29-8-10-30(11-9-29)23(31)18-12-16(24)13-19-21(18)26-7-6-25-19/h2-7,12-13H,8-11,14H2,1H3. The second-order valence-electron chi connectivity index (χ2n) is 7.69. The van der Waals surface area contributed by atoms with Crippen LogP contribution >= 0.6 is 0 Å². The summed E-state index contributed by atoms with van der Waals surface area (Å²) in [5.41, 5.74) is 1.84. The molecule has 0 unspecified atom stereocenters. The molecule has 10 heteroatoms. The molecule has 9 nitrogen and oxygen atoms in total. The van der Waals surface area contributed by atoms with Crippen LogP contribution in [0.1, 0.15) is 16.2 Å². The van der Waals surface area contributed by atoms with E-state index in [0.717, 1.165) is 11.3 Å². The number of rotatable bonds is 5. The number of aromatic nitrogens is 4. The number of ether oxygens (including phenoxy) is 1. The Bertz CT molecular complexity index is 1290. The Balaban J connectivity index is 1.22. The molecule has 0 saturated carbocycles. The van der Waals surface area contributed by atoms with E-state index >= 15 is 0 Å². The average Bonchev–Trinajstić information content (AvgIpc) is 3.32. The summed E-state index contributed by atoms with van der Waals surface area (Å²) in [6.07, 6.45) is 2.98. The zero-order valence-electron chi connectivity index (χ0n) is 17.9. The zero-order chi connectivity index (χ0) is 22.8. The molecule has 0 radical (unpaired) electrons. The fourth-order valence-corrected chi connectivity index (χ4v) is 3.85. The lowest BCUT2D eigenvalue weighted by atomic mass is 10.1. The Labute approximate surface area is 188 Å². The quantitative estimate of drug-likeness (QED) is 0.460. The van der Waals surface area contributed by atoms with Crippen LogP contribution in [0.3, 0.4) is 0 Å². The molecule has 5 rings (SSSR count). The number of halogens is 1. The SMILES string of the molecule is COc1ccc(-c2noc(CN3CCN(C(=O)c4cc(F)cc5nccnc45)CC3)n2)cc1. The van der Waals surface area contributed by atoms with Gasteiger partial charge >= 0.3 is 0 Å². The fraction of sp³-hybridized carbons (Fsp3) is 0.261. The van der Waals surface area contributed by atoms with E-state index in [0.29, 0.717) is 55.5 Å². The van der Waals surface area contributed by atoms with Crippen LogP contribution in [0.4, 0.5) is 4.39 Å². The number of hydrogen-bond acceptors (Lipinski definition) is 8. The van der Waals surface area contributed by atoms with Crippen molar-refractivity contribution in [3.05, 3.63) is 66.1 Å². The van der Waals surface area contributed by atoms with Crippen LogP contribution in [0.5, 0.6) is 5.75 Å². The highest BCUT2D eigenvalue weighted by atomic mass is 19.1. The Kier molecular flexibility index (Phi) is 5.66. The molecular formula is C23H21FN6O3. The predicted molar refractivity (Wildman–Crippen MR) is 117 cm³/mol. The van der Waals surface area contributed by atoms with Gasteiger partial charge in [-0.1, -0.05) is 5.16 Å². The summed E-state index contributed by atoms with van der Waals surface area (Å²) in [6.45, 7) is 2.74. The molecule has 168 valence electrons. The summed E-state index contributed by atoms with van der Waals surface area (Å²) in [5, 5.41) is 4.06. The van der Waals surface area contributed by atoms with Gasteiger partial charge in [-0.25, -0.2) is 4.39 Å². The molecule has 1 saturated heterocycles. The molecule has 3 heterocycles. The topological polar surface area (TPSA) is 97.5 Å². The van der Waals surface area contributed by atoms with E-state index in [2.05, 4.69) is 25.0 Å². The van der Waals surface area contributed by atoms with Crippen molar-refractivity contribution in [3.8, 4) is 17.1 Å². The molecular weight excluding hydrogens is 427 g/mol. The molecule has 0 aliphatic carbocycles. The number of piperazine rings is 1. The lowest BCUT2D eigenvalue weighted by molar-refractivity contribution is 0.0616. The molecule has 33 heavy (non-hydrogen) atoms. The van der Waals surface area contributed by atoms with Gasteiger partial charge in [0.1, 0.15) is 17.1 Å². The minimum Gasteiger partial charge on any atom is -0.497 e. The maximum atomic E-state index is 14.0. The highest BCUT2D eigenvalue weighted by molar-refractivity contribution is 6.04. The van der Waals surface area contributed by atoms with E-state index in [1.54, 1.807) is 12.0 Å². The predicted octanol–water partition coefficient (Wildman–Crippen LogP) is 2.79. The van der Waals surface area contributed by atoms with E-state index in [1.165, 1.54) is 24.5 Å². The van der Waals surface area contributed by atoms with Gasteiger partial charge in [0.25, 0.3) is 5.91 Å². The van der Waals surface area contributed by atoms with Crippen molar-refractivity contribution < 1.29 is 18.4 Å². The number of amides is 1. The molecule has 2 aromatic heterocycles. The number of fused-ring (bicyclic) bond motifs is 1. The highest BCUT2D eigenvalue weighted by Gasteiger charge is 2.25. The highest BCUT2D eigenvalue weighted by Crippen LogP contribution is 2.21. The van der Waals surface area contributed by atoms with Gasteiger partial charge in [0.2, 0.25) is 11.7 Å². The summed E-state index contributed by atoms with van der Waals surface area (Å²) in [5.74, 6) is 1.02. The first-order valence-electron chi connectivity index (χ1n) is 10.5. The number of carbonyl (C=O) groups is 1. The van der Waals surface area contributed by atoms with Crippen molar-refractivity contribution in [2.24, 2.45) is 0 Å². The van der Waals surface area contributed by atoms with Gasteiger partial charge in [-0.3, -0.25) is 19.7 Å². The van der Waals surface area contributed by atoms with E-state index in [-0.39, 0.29) is 11.5 Å². The number of carbonyl (C=O) groups excluding carboxylic acids is 1. The third-order valence-corrected chi connectivity index (χ3v) is 5.60. The van der Waals surface area contributed by atoms with Crippen LogP contribution in [0.25, 0.3) is 22.4 Å². The maximum Gasteiger partial charge on any atom is 0.256 e. The van der Waals surface area contributed by atoms with Crippen LogP contribution in [0, 0.1) is 5.82 Å². The largest absolute Gasteiger partial charge is 0.497 e. The molecule has 0 N–H and O–H groups in total. The third kappa shape index (κ3) is 4.37. The minimum absolute atomic E-state index is 0.229. The Morgan fingerprint density at radius 2 is 1.85 bits per heavy atom. The lowest BCUT2D eigenvalue weighted by Crippen LogP contribution is -2.48. The first-order valence-corrected chi connectivity index (χ1v) is 10.5. The fourth-order valence-electron chi connectivity index (χ4n) is 3.85. The molecule has 1 aliphatic rings. The molecule has 1 fully saturated rings. The summed E-state index contributed by atoms with van der Waals surface area (Å²) in [7, 11) is 1.61. The Morgan fingerprint density at radius 3 is 2.61 bits per heavy atom. The lowest BCUT2D eigenvalue weighted by Gasteiger charge is -2.34. The first-order chi connectivity index (χ1) is 16.1. The third-order valence-electron chi connectivity index (χ3n) is 5.60. The Morgan fingerprint density at radius 1 is 1.09 bits per heavy atom. The van der Waals surface area contributed by atoms with Crippen molar-refractivity contribution in [2.45, 2.75) is 6.54 Å². The van der Waals surface area contributed by atoms with E-state index < -0.39 is 5.82 Å². The maximum absolute atomic E-state index is 14.0. The van der Waals surface area contributed by atoms with E-state index in [9.17, 15) is 9.18 Å². The number of benzene rings is 2. The van der Waals surface area contributed by atoms with E-state index in [1.807, 2.05) is 24.3 Å². The average molecular weight is 448 g/mol. The van der Waals surface area contributed by atoms with Gasteiger partial charge in [0, 0.05) is 50.2 Å². The second kappa shape index (κ2) is 8.91. The minimum atomic E-state index is -0.506. The summed E-state index contributed by atoms with van der Waals surface area (Å²) < 4.78 is 24.6. The van der Waals surface area contributed by atoms with E-state index in [4.69, 9.17) is 9.26 Å². The molecule has 1 amide bonds.